The SMILES string of the molecule is CC1(C)C(N)CCN1C(=O)c1coc2ccccc12. The van der Waals surface area contributed by atoms with E-state index in [1.165, 1.54) is 0 Å². The molecule has 1 amide bonds. The average Bonchev–Trinajstić information content (AvgIpc) is 2.92. The zero-order chi connectivity index (χ0) is 13.6. The monoisotopic (exact) mass is 258 g/mol. The lowest BCUT2D eigenvalue weighted by Crippen LogP contribution is -2.51. The van der Waals surface area contributed by atoms with E-state index in [0.29, 0.717) is 12.1 Å². The molecule has 2 heterocycles. The normalized spacial score (nSPS) is 22.1. The van der Waals surface area contributed by atoms with Gasteiger partial charge in [0.25, 0.3) is 5.91 Å². The molecule has 0 aliphatic carbocycles. The number of nitrogens with zero attached hydrogens (tertiary/aromatic N) is 1. The molecule has 2 aromatic rings. The molecule has 2 N–H and O–H groups in total. The Balaban J connectivity index is 2.01. The number of hydrogen-bond donors (Lipinski definition) is 1. The van der Waals surface area contributed by atoms with Gasteiger partial charge in [-0.05, 0) is 26.3 Å². The third-order valence-corrected chi connectivity index (χ3v) is 4.22. The Kier molecular flexibility index (Phi) is 2.64. The number of carbonyl (C=O) groups excluding carboxylic acids is 1. The molecule has 1 fully saturated rings. The number of likely N-dealkylation sites (tertiary alicyclic amines) is 1. The molecule has 1 aromatic heterocycles. The third-order valence-electron chi connectivity index (χ3n) is 4.22. The van der Waals surface area contributed by atoms with Crippen LogP contribution in [0.2, 0.25) is 0 Å². The van der Waals surface area contributed by atoms with E-state index in [4.69, 9.17) is 10.2 Å². The molecule has 4 nitrogen and oxygen atoms in total. The smallest absolute Gasteiger partial charge is 0.258 e. The Morgan fingerprint density at radius 2 is 2.16 bits per heavy atom. The summed E-state index contributed by atoms with van der Waals surface area (Å²) in [6, 6.07) is 7.61. The van der Waals surface area contributed by atoms with Crippen molar-refractivity contribution in [2.45, 2.75) is 31.8 Å². The topological polar surface area (TPSA) is 59.5 Å². The molecule has 4 heteroatoms. The minimum Gasteiger partial charge on any atom is -0.463 e. The summed E-state index contributed by atoms with van der Waals surface area (Å²) in [4.78, 5) is 14.5. The van der Waals surface area contributed by atoms with Gasteiger partial charge in [-0.25, -0.2) is 0 Å². The molecule has 0 bridgehead atoms. The highest BCUT2D eigenvalue weighted by Gasteiger charge is 2.42. The molecule has 0 radical (unpaired) electrons. The summed E-state index contributed by atoms with van der Waals surface area (Å²) < 4.78 is 5.45. The first kappa shape index (κ1) is 12.2. The van der Waals surface area contributed by atoms with Crippen molar-refractivity contribution in [3.8, 4) is 0 Å². The predicted molar refractivity (Wildman–Crippen MR) is 73.9 cm³/mol. The van der Waals surface area contributed by atoms with Crippen LogP contribution in [0.1, 0.15) is 30.6 Å². The van der Waals surface area contributed by atoms with Crippen LogP contribution in [0.4, 0.5) is 0 Å². The van der Waals surface area contributed by atoms with Crippen LogP contribution in [0.15, 0.2) is 34.9 Å². The van der Waals surface area contributed by atoms with Gasteiger partial charge in [0.1, 0.15) is 11.8 Å². The molecular formula is C15H18N2O2. The number of furan rings is 1. The number of nitrogens with two attached hydrogens (primary N) is 1. The highest BCUT2D eigenvalue weighted by atomic mass is 16.3. The van der Waals surface area contributed by atoms with Gasteiger partial charge in [0.05, 0.1) is 11.1 Å². The van der Waals surface area contributed by atoms with Crippen LogP contribution in [0.5, 0.6) is 0 Å². The largest absolute Gasteiger partial charge is 0.463 e. The standard InChI is InChI=1S/C15H18N2O2/c1-15(2)13(16)7-8-17(15)14(18)11-9-19-12-6-4-3-5-10(11)12/h3-6,9,13H,7-8,16H2,1-2H3. The minimum absolute atomic E-state index is 0.00269. The lowest BCUT2D eigenvalue weighted by molar-refractivity contribution is 0.0638. The summed E-state index contributed by atoms with van der Waals surface area (Å²) in [5, 5.41) is 0.865. The Morgan fingerprint density at radius 1 is 1.42 bits per heavy atom. The first-order valence-electron chi connectivity index (χ1n) is 6.55. The summed E-state index contributed by atoms with van der Waals surface area (Å²) in [5.41, 5.74) is 7.15. The number of amides is 1. The second kappa shape index (κ2) is 4.10. The summed E-state index contributed by atoms with van der Waals surface area (Å²) >= 11 is 0. The van der Waals surface area contributed by atoms with Crippen LogP contribution in [0, 0.1) is 0 Å². The molecule has 1 aliphatic heterocycles. The highest BCUT2D eigenvalue weighted by Crippen LogP contribution is 2.31. The van der Waals surface area contributed by atoms with Gasteiger partial charge in [-0.1, -0.05) is 18.2 Å². The van der Waals surface area contributed by atoms with Crippen LogP contribution in [-0.4, -0.2) is 28.9 Å². The molecule has 1 aliphatic rings. The molecule has 0 spiro atoms. The second-order valence-electron chi connectivity index (χ2n) is 5.65. The Hall–Kier alpha value is -1.81. The van der Waals surface area contributed by atoms with E-state index in [1.54, 1.807) is 6.26 Å². The van der Waals surface area contributed by atoms with Crippen molar-refractivity contribution >= 4 is 16.9 Å². The molecule has 100 valence electrons. The van der Waals surface area contributed by atoms with Gasteiger partial charge < -0.3 is 15.1 Å². The Morgan fingerprint density at radius 3 is 2.84 bits per heavy atom. The van der Waals surface area contributed by atoms with E-state index in [-0.39, 0.29) is 17.5 Å². The fourth-order valence-electron chi connectivity index (χ4n) is 2.76. The zero-order valence-electron chi connectivity index (χ0n) is 11.2. The first-order chi connectivity index (χ1) is 9.01. The highest BCUT2D eigenvalue weighted by molar-refractivity contribution is 6.06. The van der Waals surface area contributed by atoms with E-state index in [1.807, 2.05) is 43.0 Å². The lowest BCUT2D eigenvalue weighted by atomic mass is 9.96. The summed E-state index contributed by atoms with van der Waals surface area (Å²) in [5.74, 6) is 0.00269. The van der Waals surface area contributed by atoms with Gasteiger partial charge in [-0.3, -0.25) is 4.79 Å². The van der Waals surface area contributed by atoms with Crippen molar-refractivity contribution in [2.75, 3.05) is 6.54 Å². The second-order valence-corrected chi connectivity index (χ2v) is 5.65. The van der Waals surface area contributed by atoms with Crippen LogP contribution in [0.3, 0.4) is 0 Å². The van der Waals surface area contributed by atoms with E-state index >= 15 is 0 Å². The Bertz CT molecular complexity index is 630. The summed E-state index contributed by atoms with van der Waals surface area (Å²) in [6.07, 6.45) is 2.39. The number of fused-ring (bicyclic) bond motifs is 1. The van der Waals surface area contributed by atoms with E-state index in [2.05, 4.69) is 0 Å². The maximum Gasteiger partial charge on any atom is 0.258 e. The molecule has 3 rings (SSSR count). The van der Waals surface area contributed by atoms with Gasteiger partial charge >= 0.3 is 0 Å². The number of rotatable bonds is 1. The number of benzene rings is 1. The lowest BCUT2D eigenvalue weighted by Gasteiger charge is -2.34. The van der Waals surface area contributed by atoms with Crippen molar-refractivity contribution in [2.24, 2.45) is 5.73 Å². The summed E-state index contributed by atoms with van der Waals surface area (Å²) in [7, 11) is 0. The quantitative estimate of drug-likeness (QED) is 0.854. The van der Waals surface area contributed by atoms with Crippen LogP contribution in [0.25, 0.3) is 11.0 Å². The van der Waals surface area contributed by atoms with E-state index in [0.717, 1.165) is 17.4 Å². The maximum atomic E-state index is 12.7. The number of hydrogen-bond acceptors (Lipinski definition) is 3. The average molecular weight is 258 g/mol. The van der Waals surface area contributed by atoms with Crippen molar-refractivity contribution in [1.29, 1.82) is 0 Å². The zero-order valence-corrected chi connectivity index (χ0v) is 11.2. The van der Waals surface area contributed by atoms with Crippen LogP contribution < -0.4 is 5.73 Å². The van der Waals surface area contributed by atoms with Gasteiger partial charge in [0.2, 0.25) is 0 Å². The van der Waals surface area contributed by atoms with Gasteiger partial charge in [0.15, 0.2) is 0 Å². The van der Waals surface area contributed by atoms with Crippen molar-refractivity contribution in [1.82, 2.24) is 4.90 Å². The van der Waals surface area contributed by atoms with Crippen molar-refractivity contribution in [3.05, 3.63) is 36.1 Å². The fraction of sp³-hybridized carbons (Fsp3) is 0.400. The predicted octanol–water partition coefficient (Wildman–Crippen LogP) is 2.38. The first-order valence-corrected chi connectivity index (χ1v) is 6.55. The van der Waals surface area contributed by atoms with Crippen molar-refractivity contribution in [3.63, 3.8) is 0 Å². The molecule has 1 aromatic carbocycles. The Labute approximate surface area is 112 Å². The van der Waals surface area contributed by atoms with Crippen molar-refractivity contribution < 1.29 is 9.21 Å². The third kappa shape index (κ3) is 1.75. The van der Waals surface area contributed by atoms with Crippen LogP contribution in [-0.2, 0) is 0 Å². The van der Waals surface area contributed by atoms with Gasteiger partial charge in [0, 0.05) is 18.0 Å². The van der Waals surface area contributed by atoms with Crippen LogP contribution >= 0.6 is 0 Å². The molecule has 0 saturated carbocycles. The molecule has 1 unspecified atom stereocenters. The molecule has 19 heavy (non-hydrogen) atoms. The van der Waals surface area contributed by atoms with Gasteiger partial charge in [-0.15, -0.1) is 0 Å². The van der Waals surface area contributed by atoms with E-state index < -0.39 is 0 Å². The fourth-order valence-corrected chi connectivity index (χ4v) is 2.76. The molecular weight excluding hydrogens is 240 g/mol. The maximum absolute atomic E-state index is 12.7. The molecule has 1 saturated heterocycles. The van der Waals surface area contributed by atoms with Gasteiger partial charge in [-0.2, -0.15) is 0 Å². The van der Waals surface area contributed by atoms with E-state index in [9.17, 15) is 4.79 Å². The number of para-hydroxylation sites is 1. The summed E-state index contributed by atoms with van der Waals surface area (Å²) in [6.45, 7) is 4.74. The minimum atomic E-state index is -0.310. The number of carbonyl (C=O) groups is 1. The molecule has 1 atom stereocenters.